The molecule has 0 aliphatic heterocycles. The third-order valence-electron chi connectivity index (χ3n) is 2.63. The zero-order chi connectivity index (χ0) is 10.8. The van der Waals surface area contributed by atoms with Crippen LogP contribution in [0.2, 0.25) is 0 Å². The molecule has 1 aromatic carbocycles. The van der Waals surface area contributed by atoms with Crippen molar-refractivity contribution in [3.63, 3.8) is 0 Å². The largest absolute Gasteiger partial charge is 1.00 e. The number of H-pyrrole nitrogens is 1. The summed E-state index contributed by atoms with van der Waals surface area (Å²) in [5.41, 5.74) is 2.08. The maximum absolute atomic E-state index is 10.5. The zero-order valence-electron chi connectivity index (χ0n) is 9.49. The average molecular weight is 225 g/mol. The molecule has 0 bridgehead atoms. The fourth-order valence-electron chi connectivity index (χ4n) is 1.86. The monoisotopic (exact) mass is 225 g/mol. The number of nitrogens with one attached hydrogen (secondary N) is 1. The summed E-state index contributed by atoms with van der Waals surface area (Å²) in [4.78, 5) is 13.6. The van der Waals surface area contributed by atoms with E-state index in [1.807, 2.05) is 37.4 Å². The van der Waals surface area contributed by atoms with Crippen LogP contribution in [-0.2, 0) is 4.79 Å². The predicted octanol–water partition coefficient (Wildman–Crippen LogP) is -1.58. The third kappa shape index (κ3) is 2.67. The van der Waals surface area contributed by atoms with Gasteiger partial charge in [-0.3, -0.25) is 0 Å². The Morgan fingerprint density at radius 1 is 1.44 bits per heavy atom. The predicted molar refractivity (Wildman–Crippen MR) is 56.3 cm³/mol. The molecular formula is C12H12NNaO2. The van der Waals surface area contributed by atoms with Crippen molar-refractivity contribution in [2.45, 2.75) is 19.3 Å². The summed E-state index contributed by atoms with van der Waals surface area (Å²) in [6.45, 7) is 1.89. The van der Waals surface area contributed by atoms with Gasteiger partial charge in [0.2, 0.25) is 0 Å². The smallest absolute Gasteiger partial charge is 0.550 e. The van der Waals surface area contributed by atoms with Crippen LogP contribution < -0.4 is 34.7 Å². The molecule has 78 valence electrons. The van der Waals surface area contributed by atoms with E-state index in [1.54, 1.807) is 0 Å². The molecule has 1 N–H and O–H groups in total. The number of para-hydroxylation sites is 1. The molecule has 16 heavy (non-hydrogen) atoms. The summed E-state index contributed by atoms with van der Waals surface area (Å²) < 4.78 is 0. The number of carboxylic acid groups (broad SMARTS) is 1. The second kappa shape index (κ2) is 5.53. The van der Waals surface area contributed by atoms with E-state index in [-0.39, 0.29) is 41.9 Å². The number of fused-ring (bicyclic) bond motifs is 1. The van der Waals surface area contributed by atoms with E-state index >= 15 is 0 Å². The molecule has 0 radical (unpaired) electrons. The normalized spacial score (nSPS) is 12.1. The number of hydrogen-bond donors (Lipinski definition) is 1. The molecule has 0 saturated carbocycles. The number of rotatable bonds is 3. The maximum Gasteiger partial charge on any atom is 1.00 e. The summed E-state index contributed by atoms with van der Waals surface area (Å²) in [7, 11) is 0. The van der Waals surface area contributed by atoms with Crippen LogP contribution in [0.4, 0.5) is 0 Å². The molecule has 4 heteroatoms. The Kier molecular flexibility index (Phi) is 4.59. The first kappa shape index (κ1) is 13.3. The Hall–Kier alpha value is -0.770. The summed E-state index contributed by atoms with van der Waals surface area (Å²) >= 11 is 0. The molecule has 2 aromatic rings. The van der Waals surface area contributed by atoms with Crippen LogP contribution in [0.25, 0.3) is 10.9 Å². The molecule has 0 saturated heterocycles. The van der Waals surface area contributed by atoms with Crippen LogP contribution in [-0.4, -0.2) is 11.0 Å². The Labute approximate surface area is 116 Å². The van der Waals surface area contributed by atoms with E-state index in [1.165, 1.54) is 0 Å². The summed E-state index contributed by atoms with van der Waals surface area (Å²) in [5, 5.41) is 11.6. The minimum absolute atomic E-state index is 0. The molecule has 3 nitrogen and oxygen atoms in total. The fraction of sp³-hybridized carbons (Fsp3) is 0.250. The minimum atomic E-state index is -1.01. The van der Waals surface area contributed by atoms with Gasteiger partial charge in [-0.25, -0.2) is 0 Å². The maximum atomic E-state index is 10.5. The van der Waals surface area contributed by atoms with Crippen molar-refractivity contribution in [2.75, 3.05) is 0 Å². The number of aromatic amines is 1. The van der Waals surface area contributed by atoms with Gasteiger partial charge < -0.3 is 14.9 Å². The number of carbonyl (C=O) groups is 1. The van der Waals surface area contributed by atoms with Crippen molar-refractivity contribution < 1.29 is 39.5 Å². The Balaban J connectivity index is 0.00000128. The van der Waals surface area contributed by atoms with Gasteiger partial charge in [-0.05, 0) is 24.0 Å². The molecule has 0 spiro atoms. The molecule has 2 rings (SSSR count). The standard InChI is InChI=1S/C12H13NO2.Na/c1-8(6-12(14)15)10-7-13-11-5-3-2-4-9(10)11;/h2-5,7-8,13H,6H2,1H3,(H,14,15);/q;+1/p-1. The van der Waals surface area contributed by atoms with E-state index in [2.05, 4.69) is 4.98 Å². The van der Waals surface area contributed by atoms with Crippen molar-refractivity contribution in [1.82, 2.24) is 4.98 Å². The van der Waals surface area contributed by atoms with Crippen molar-refractivity contribution in [1.29, 1.82) is 0 Å². The van der Waals surface area contributed by atoms with Crippen LogP contribution in [0, 0.1) is 0 Å². The van der Waals surface area contributed by atoms with Crippen molar-refractivity contribution in [2.24, 2.45) is 0 Å². The third-order valence-corrected chi connectivity index (χ3v) is 2.63. The Morgan fingerprint density at radius 3 is 2.81 bits per heavy atom. The number of carbonyl (C=O) groups excluding carboxylic acids is 1. The second-order valence-electron chi connectivity index (χ2n) is 3.77. The number of aromatic nitrogens is 1. The van der Waals surface area contributed by atoms with E-state index in [9.17, 15) is 9.90 Å². The van der Waals surface area contributed by atoms with E-state index < -0.39 is 5.97 Å². The zero-order valence-corrected chi connectivity index (χ0v) is 11.5. The second-order valence-corrected chi connectivity index (χ2v) is 3.77. The van der Waals surface area contributed by atoms with Crippen molar-refractivity contribution in [3.05, 3.63) is 36.0 Å². The molecule has 0 fully saturated rings. The van der Waals surface area contributed by atoms with Crippen molar-refractivity contribution in [3.8, 4) is 0 Å². The fourth-order valence-corrected chi connectivity index (χ4v) is 1.86. The molecule has 0 aliphatic rings. The van der Waals surface area contributed by atoms with Crippen LogP contribution in [0.5, 0.6) is 0 Å². The van der Waals surface area contributed by atoms with Crippen LogP contribution in [0.15, 0.2) is 30.5 Å². The summed E-state index contributed by atoms with van der Waals surface area (Å²) in [5.74, 6) is -1.03. The number of aliphatic carboxylic acids is 1. The van der Waals surface area contributed by atoms with Gasteiger partial charge in [0.1, 0.15) is 0 Å². The van der Waals surface area contributed by atoms with Crippen LogP contribution in [0.1, 0.15) is 24.8 Å². The molecule has 1 aromatic heterocycles. The first-order chi connectivity index (χ1) is 7.18. The van der Waals surface area contributed by atoms with Crippen LogP contribution >= 0.6 is 0 Å². The topological polar surface area (TPSA) is 55.9 Å². The van der Waals surface area contributed by atoms with Crippen molar-refractivity contribution >= 4 is 16.9 Å². The van der Waals surface area contributed by atoms with Gasteiger partial charge >= 0.3 is 29.6 Å². The Bertz CT molecular complexity index is 492. The molecule has 1 unspecified atom stereocenters. The first-order valence-electron chi connectivity index (χ1n) is 4.94. The van der Waals surface area contributed by atoms with E-state index in [4.69, 9.17) is 0 Å². The average Bonchev–Trinajstić information content (AvgIpc) is 2.59. The van der Waals surface area contributed by atoms with Gasteiger partial charge in [-0.15, -0.1) is 0 Å². The molecule has 1 heterocycles. The van der Waals surface area contributed by atoms with Crippen LogP contribution in [0.3, 0.4) is 0 Å². The molecule has 0 amide bonds. The van der Waals surface area contributed by atoms with E-state index in [0.717, 1.165) is 16.5 Å². The molecule has 1 atom stereocenters. The summed E-state index contributed by atoms with van der Waals surface area (Å²) in [6, 6.07) is 7.87. The molecular weight excluding hydrogens is 213 g/mol. The van der Waals surface area contributed by atoms with Gasteiger partial charge in [0.15, 0.2) is 0 Å². The number of benzene rings is 1. The first-order valence-corrected chi connectivity index (χ1v) is 4.94. The van der Waals surface area contributed by atoms with Gasteiger partial charge in [0.25, 0.3) is 0 Å². The summed E-state index contributed by atoms with van der Waals surface area (Å²) in [6.07, 6.45) is 1.93. The quantitative estimate of drug-likeness (QED) is 0.641. The SMILES string of the molecule is CC(CC(=O)[O-])c1c[nH]c2ccccc12.[Na+]. The number of hydrogen-bond acceptors (Lipinski definition) is 2. The molecule has 0 aliphatic carbocycles. The van der Waals surface area contributed by atoms with Gasteiger partial charge in [0.05, 0.1) is 0 Å². The van der Waals surface area contributed by atoms with Gasteiger partial charge in [0, 0.05) is 23.1 Å². The Morgan fingerprint density at radius 2 is 2.12 bits per heavy atom. The van der Waals surface area contributed by atoms with Gasteiger partial charge in [-0.2, -0.15) is 0 Å². The number of carboxylic acids is 1. The minimum Gasteiger partial charge on any atom is -0.550 e. The van der Waals surface area contributed by atoms with E-state index in [0.29, 0.717) is 0 Å². The van der Waals surface area contributed by atoms with Gasteiger partial charge in [-0.1, -0.05) is 25.1 Å².